The molecule has 1 aromatic carbocycles. The minimum atomic E-state index is -3.16. The Balaban J connectivity index is 1.06. The average Bonchev–Trinajstić information content (AvgIpc) is 3.23. The van der Waals surface area contributed by atoms with Crippen LogP contribution in [0.5, 0.6) is 5.75 Å². The van der Waals surface area contributed by atoms with E-state index in [4.69, 9.17) is 21.1 Å². The Morgan fingerprint density at radius 2 is 1.97 bits per heavy atom. The fourth-order valence-corrected chi connectivity index (χ4v) is 6.45. The monoisotopic (exact) mass is 513 g/mol. The third-order valence-electron chi connectivity index (χ3n) is 7.79. The van der Waals surface area contributed by atoms with Crippen LogP contribution >= 0.6 is 11.6 Å². The topological polar surface area (TPSA) is 94.1 Å². The van der Waals surface area contributed by atoms with E-state index in [1.807, 2.05) is 0 Å². The van der Waals surface area contributed by atoms with E-state index in [2.05, 4.69) is 10.1 Å². The molecule has 0 saturated heterocycles. The summed E-state index contributed by atoms with van der Waals surface area (Å²) in [6, 6.07) is 5.00. The van der Waals surface area contributed by atoms with Gasteiger partial charge in [-0.05, 0) is 49.3 Å². The molecule has 35 heavy (non-hydrogen) atoms. The highest BCUT2D eigenvalue weighted by Crippen LogP contribution is 2.63. The van der Waals surface area contributed by atoms with Gasteiger partial charge in [0, 0.05) is 48.7 Å². The molecule has 0 radical (unpaired) electrons. The second-order valence-corrected chi connectivity index (χ2v) is 11.3. The lowest BCUT2D eigenvalue weighted by Crippen LogP contribution is -2.57. The van der Waals surface area contributed by atoms with Crippen LogP contribution in [-0.2, 0) is 19.1 Å². The maximum Gasteiger partial charge on any atom is 0.353 e. The number of hydrogen-bond donors (Lipinski definition) is 2. The highest BCUT2D eigenvalue weighted by atomic mass is 35.5. The number of halogens is 3. The first-order chi connectivity index (χ1) is 16.4. The Kier molecular flexibility index (Phi) is 6.35. The molecule has 7 nitrogen and oxygen atoms in total. The van der Waals surface area contributed by atoms with Crippen molar-refractivity contribution in [2.24, 2.45) is 5.41 Å². The SMILES string of the molecule is CC(F)(F)OC1CC(OCC(=O)NC23CCC(CC(=O)[C@H]4C[C@@H](O)c5cc(Cl)ccc5O4)(C2)C3)C1. The summed E-state index contributed by atoms with van der Waals surface area (Å²) < 4.78 is 41.7. The zero-order valence-electron chi connectivity index (χ0n) is 19.5. The Labute approximate surface area is 207 Å². The van der Waals surface area contributed by atoms with Crippen LogP contribution < -0.4 is 10.1 Å². The van der Waals surface area contributed by atoms with E-state index in [1.165, 1.54) is 0 Å². The predicted octanol–water partition coefficient (Wildman–Crippen LogP) is 4.09. The Morgan fingerprint density at radius 3 is 2.69 bits per heavy atom. The highest BCUT2D eigenvalue weighted by molar-refractivity contribution is 6.30. The van der Waals surface area contributed by atoms with Crippen LogP contribution in [0.2, 0.25) is 5.02 Å². The molecule has 0 unspecified atom stereocenters. The van der Waals surface area contributed by atoms with Gasteiger partial charge in [0.05, 0.1) is 18.3 Å². The second kappa shape index (κ2) is 8.94. The summed E-state index contributed by atoms with van der Waals surface area (Å²) in [5.41, 5.74) is 0.136. The third-order valence-corrected chi connectivity index (χ3v) is 8.02. The normalized spacial score (nSPS) is 35.3. The number of hydrogen-bond acceptors (Lipinski definition) is 6. The van der Waals surface area contributed by atoms with Crippen molar-refractivity contribution < 1.29 is 37.7 Å². The number of benzene rings is 1. The molecule has 192 valence electrons. The van der Waals surface area contributed by atoms with Crippen molar-refractivity contribution in [3.8, 4) is 5.75 Å². The Morgan fingerprint density at radius 1 is 1.23 bits per heavy atom. The number of Topliss-reactive ketones (excluding diaryl/α,β-unsaturated/α-hetero) is 1. The molecule has 4 saturated carbocycles. The molecule has 2 atom stereocenters. The number of carbonyl (C=O) groups is 2. The zero-order valence-corrected chi connectivity index (χ0v) is 20.3. The number of ether oxygens (including phenoxy) is 3. The third kappa shape index (κ3) is 5.33. The second-order valence-electron chi connectivity index (χ2n) is 10.8. The van der Waals surface area contributed by atoms with Crippen molar-refractivity contribution in [3.63, 3.8) is 0 Å². The van der Waals surface area contributed by atoms with Gasteiger partial charge in [-0.2, -0.15) is 8.78 Å². The first-order valence-corrected chi connectivity index (χ1v) is 12.5. The average molecular weight is 514 g/mol. The van der Waals surface area contributed by atoms with E-state index in [9.17, 15) is 23.5 Å². The van der Waals surface area contributed by atoms with Crippen LogP contribution in [0.1, 0.15) is 70.0 Å². The standard InChI is InChI=1S/C25H30ClF2NO6/c1-23(27,28)35-16-7-15(8-16)33-11-22(32)29-25-5-4-24(12-25,13-25)10-19(31)21-9-18(30)17-6-14(26)2-3-20(17)34-21/h2-3,6,15-16,18,21,30H,4-5,7-13H2,1H3,(H,29,32)/t15?,16?,18-,21-,24?,25?/m1/s1. The lowest BCUT2D eigenvalue weighted by Gasteiger charge is -2.48. The molecule has 2 N–H and O–H groups in total. The van der Waals surface area contributed by atoms with Crippen LogP contribution in [0.3, 0.4) is 0 Å². The van der Waals surface area contributed by atoms with Crippen LogP contribution in [0.4, 0.5) is 8.78 Å². The van der Waals surface area contributed by atoms with Crippen molar-refractivity contribution in [3.05, 3.63) is 28.8 Å². The van der Waals surface area contributed by atoms with Crippen molar-refractivity contribution in [2.45, 2.75) is 94.4 Å². The lowest BCUT2D eigenvalue weighted by molar-refractivity contribution is -0.275. The molecular weight excluding hydrogens is 484 g/mol. The number of alkyl halides is 2. The maximum absolute atomic E-state index is 13.0. The van der Waals surface area contributed by atoms with E-state index < -0.39 is 24.4 Å². The molecule has 1 amide bonds. The number of rotatable bonds is 9. The minimum absolute atomic E-state index is 0.0331. The van der Waals surface area contributed by atoms with Gasteiger partial charge in [-0.3, -0.25) is 9.59 Å². The number of amides is 1. The van der Waals surface area contributed by atoms with Crippen LogP contribution in [0.25, 0.3) is 0 Å². The largest absolute Gasteiger partial charge is 0.482 e. The van der Waals surface area contributed by atoms with Gasteiger partial charge in [0.2, 0.25) is 5.91 Å². The van der Waals surface area contributed by atoms with Crippen LogP contribution in [0.15, 0.2) is 18.2 Å². The van der Waals surface area contributed by atoms with Gasteiger partial charge in [-0.1, -0.05) is 11.6 Å². The Hall–Kier alpha value is -1.81. The van der Waals surface area contributed by atoms with Gasteiger partial charge in [0.25, 0.3) is 0 Å². The van der Waals surface area contributed by atoms with Crippen molar-refractivity contribution in [1.29, 1.82) is 0 Å². The highest BCUT2D eigenvalue weighted by Gasteiger charge is 2.62. The van der Waals surface area contributed by atoms with Crippen molar-refractivity contribution in [1.82, 2.24) is 5.32 Å². The molecule has 4 fully saturated rings. The van der Waals surface area contributed by atoms with E-state index in [1.54, 1.807) is 18.2 Å². The van der Waals surface area contributed by atoms with Crippen molar-refractivity contribution in [2.75, 3.05) is 6.61 Å². The number of carbonyl (C=O) groups excluding carboxylic acids is 2. The number of ketones is 1. The number of aliphatic hydroxyl groups is 1. The van der Waals surface area contributed by atoms with Gasteiger partial charge in [-0.15, -0.1) is 0 Å². The van der Waals surface area contributed by atoms with E-state index in [0.717, 1.165) is 25.7 Å². The first kappa shape index (κ1) is 24.9. The molecule has 0 spiro atoms. The summed E-state index contributed by atoms with van der Waals surface area (Å²) in [4.78, 5) is 25.5. The molecule has 0 aromatic heterocycles. The molecule has 4 aliphatic carbocycles. The van der Waals surface area contributed by atoms with Gasteiger partial charge in [0.15, 0.2) is 11.9 Å². The minimum Gasteiger partial charge on any atom is -0.482 e. The molecule has 5 aliphatic rings. The lowest BCUT2D eigenvalue weighted by atomic mass is 9.62. The quantitative estimate of drug-likeness (QED) is 0.516. The van der Waals surface area contributed by atoms with E-state index in [0.29, 0.717) is 42.5 Å². The molecule has 1 heterocycles. The molecule has 2 bridgehead atoms. The van der Waals surface area contributed by atoms with Gasteiger partial charge >= 0.3 is 6.11 Å². The van der Waals surface area contributed by atoms with Gasteiger partial charge in [0.1, 0.15) is 12.4 Å². The van der Waals surface area contributed by atoms with E-state index >= 15 is 0 Å². The maximum atomic E-state index is 13.0. The van der Waals surface area contributed by atoms with Gasteiger partial charge < -0.3 is 24.6 Å². The molecule has 10 heteroatoms. The Bertz CT molecular complexity index is 1000. The fraction of sp³-hybridized carbons (Fsp3) is 0.680. The fourth-order valence-electron chi connectivity index (χ4n) is 6.27. The zero-order chi connectivity index (χ0) is 25.0. The predicted molar refractivity (Wildman–Crippen MR) is 121 cm³/mol. The number of nitrogens with one attached hydrogen (secondary N) is 1. The van der Waals surface area contributed by atoms with Crippen LogP contribution in [0, 0.1) is 5.41 Å². The first-order valence-electron chi connectivity index (χ1n) is 12.1. The van der Waals surface area contributed by atoms with E-state index in [-0.39, 0.29) is 41.8 Å². The molecule has 6 rings (SSSR count). The molecular formula is C25H30ClF2NO6. The summed E-state index contributed by atoms with van der Waals surface area (Å²) in [7, 11) is 0. The summed E-state index contributed by atoms with van der Waals surface area (Å²) in [5.74, 6) is 0.221. The summed E-state index contributed by atoms with van der Waals surface area (Å²) in [5, 5.41) is 14.0. The molecule has 1 aliphatic heterocycles. The smallest absolute Gasteiger partial charge is 0.353 e. The van der Waals surface area contributed by atoms with Crippen molar-refractivity contribution >= 4 is 23.3 Å². The molecule has 1 aromatic rings. The summed E-state index contributed by atoms with van der Waals surface area (Å²) in [6.45, 7) is 0.591. The summed E-state index contributed by atoms with van der Waals surface area (Å²) >= 11 is 6.00. The van der Waals surface area contributed by atoms with Gasteiger partial charge in [-0.25, -0.2) is 0 Å². The van der Waals surface area contributed by atoms with Crippen LogP contribution in [-0.4, -0.2) is 53.4 Å². The number of fused-ring (bicyclic) bond motifs is 2. The number of aliphatic hydroxyl groups excluding tert-OH is 1. The summed E-state index contributed by atoms with van der Waals surface area (Å²) in [6.07, 6.45) is -1.11.